The summed E-state index contributed by atoms with van der Waals surface area (Å²) in [6, 6.07) is 12.6. The maximum Gasteiger partial charge on any atom is 0.417 e. The lowest BCUT2D eigenvalue weighted by molar-refractivity contribution is -0.137. The summed E-state index contributed by atoms with van der Waals surface area (Å²) in [5.74, 6) is 5.67. The maximum atomic E-state index is 12.9. The lowest BCUT2D eigenvalue weighted by Crippen LogP contribution is -2.06. The number of fused-ring (bicyclic) bond motifs is 1. The van der Waals surface area contributed by atoms with Crippen molar-refractivity contribution in [3.63, 3.8) is 0 Å². The van der Waals surface area contributed by atoms with Gasteiger partial charge in [0.1, 0.15) is 29.1 Å². The molecule has 3 rings (SSSR count). The molecule has 2 heterocycles. The Balaban J connectivity index is 1.91. The van der Waals surface area contributed by atoms with Gasteiger partial charge in [-0.1, -0.05) is 18.1 Å². The van der Waals surface area contributed by atoms with E-state index >= 15 is 0 Å². The second kappa shape index (κ2) is 7.07. The van der Waals surface area contributed by atoms with Crippen LogP contribution in [0.25, 0.3) is 11.7 Å². The Morgan fingerprint density at radius 1 is 1.00 bits per heavy atom. The first kappa shape index (κ1) is 17.8. The van der Waals surface area contributed by atoms with Crippen LogP contribution in [0, 0.1) is 34.5 Å². The SMILES string of the molecule is N#CC(C#N)=Cc1ccc(C#Cc2cnc3ccc(C(F)(F)F)cn23)cc1. The van der Waals surface area contributed by atoms with Crippen LogP contribution in [0.15, 0.2) is 54.4 Å². The molecule has 0 atom stereocenters. The van der Waals surface area contributed by atoms with Gasteiger partial charge in [0.25, 0.3) is 0 Å². The number of rotatable bonds is 1. The molecule has 0 amide bonds. The molecule has 130 valence electrons. The van der Waals surface area contributed by atoms with Crippen LogP contribution < -0.4 is 0 Å². The summed E-state index contributed by atoms with van der Waals surface area (Å²) < 4.78 is 39.9. The normalized spacial score (nSPS) is 10.4. The van der Waals surface area contributed by atoms with E-state index in [1.165, 1.54) is 22.7 Å². The van der Waals surface area contributed by atoms with Gasteiger partial charge in [0.2, 0.25) is 0 Å². The number of alkyl halides is 3. The molecular formula is C20H9F3N4. The quantitative estimate of drug-likeness (QED) is 0.482. The number of pyridine rings is 1. The molecular weight excluding hydrogens is 353 g/mol. The topological polar surface area (TPSA) is 64.9 Å². The maximum absolute atomic E-state index is 12.9. The summed E-state index contributed by atoms with van der Waals surface area (Å²) >= 11 is 0. The molecule has 27 heavy (non-hydrogen) atoms. The molecule has 7 heteroatoms. The van der Waals surface area contributed by atoms with E-state index in [4.69, 9.17) is 10.5 Å². The fraction of sp³-hybridized carbons (Fsp3) is 0.0500. The molecule has 0 unspecified atom stereocenters. The minimum atomic E-state index is -4.45. The first-order chi connectivity index (χ1) is 12.9. The summed E-state index contributed by atoms with van der Waals surface area (Å²) in [7, 11) is 0. The number of benzene rings is 1. The number of nitriles is 2. The standard InChI is InChI=1S/C20H9F3N4/c21-20(22,23)17-6-8-19-26-12-18(27(19)13-17)7-5-14-1-3-15(4-2-14)9-16(10-24)11-25/h1-4,6,8-9,12-13H. The van der Waals surface area contributed by atoms with Crippen LogP contribution in [0.4, 0.5) is 13.2 Å². The van der Waals surface area contributed by atoms with Gasteiger partial charge in [-0.25, -0.2) is 4.98 Å². The van der Waals surface area contributed by atoms with Gasteiger partial charge >= 0.3 is 6.18 Å². The van der Waals surface area contributed by atoms with E-state index < -0.39 is 11.7 Å². The van der Waals surface area contributed by atoms with Crippen molar-refractivity contribution in [3.8, 4) is 24.0 Å². The Morgan fingerprint density at radius 2 is 1.70 bits per heavy atom. The Hall–Kier alpha value is -4.02. The lowest BCUT2D eigenvalue weighted by Gasteiger charge is -2.06. The number of halogens is 3. The average Bonchev–Trinajstić information content (AvgIpc) is 3.07. The third kappa shape index (κ3) is 3.98. The molecule has 0 radical (unpaired) electrons. The summed E-state index contributed by atoms with van der Waals surface area (Å²) in [4.78, 5) is 4.04. The van der Waals surface area contributed by atoms with Crippen molar-refractivity contribution >= 4 is 11.7 Å². The number of hydrogen-bond donors (Lipinski definition) is 0. The number of aromatic nitrogens is 2. The van der Waals surface area contributed by atoms with Gasteiger partial charge in [0.15, 0.2) is 0 Å². The highest BCUT2D eigenvalue weighted by molar-refractivity contribution is 5.62. The second-order valence-corrected chi connectivity index (χ2v) is 5.44. The van der Waals surface area contributed by atoms with Gasteiger partial charge in [-0.2, -0.15) is 23.7 Å². The van der Waals surface area contributed by atoms with Crippen LogP contribution in [-0.2, 0) is 6.18 Å². The fourth-order valence-corrected chi connectivity index (χ4v) is 2.30. The third-order valence-electron chi connectivity index (χ3n) is 3.63. The highest BCUT2D eigenvalue weighted by Gasteiger charge is 2.31. The van der Waals surface area contributed by atoms with Crippen molar-refractivity contribution in [2.75, 3.05) is 0 Å². The number of hydrogen-bond acceptors (Lipinski definition) is 3. The van der Waals surface area contributed by atoms with Crippen molar-refractivity contribution in [2.45, 2.75) is 6.18 Å². The number of allylic oxidation sites excluding steroid dienone is 1. The molecule has 0 spiro atoms. The highest BCUT2D eigenvalue weighted by atomic mass is 19.4. The highest BCUT2D eigenvalue weighted by Crippen LogP contribution is 2.29. The van der Waals surface area contributed by atoms with Crippen LogP contribution in [0.3, 0.4) is 0 Å². The average molecular weight is 362 g/mol. The van der Waals surface area contributed by atoms with Gasteiger partial charge < -0.3 is 0 Å². The Bertz CT molecular complexity index is 1160. The largest absolute Gasteiger partial charge is 0.417 e. The molecule has 0 aliphatic heterocycles. The lowest BCUT2D eigenvalue weighted by atomic mass is 10.1. The van der Waals surface area contributed by atoms with E-state index in [0.717, 1.165) is 12.3 Å². The minimum absolute atomic E-state index is 0.0139. The zero-order valence-electron chi connectivity index (χ0n) is 13.6. The molecule has 0 aliphatic carbocycles. The Morgan fingerprint density at radius 3 is 2.33 bits per heavy atom. The molecule has 0 aliphatic rings. The zero-order valence-corrected chi connectivity index (χ0v) is 13.6. The first-order valence-corrected chi connectivity index (χ1v) is 7.59. The van der Waals surface area contributed by atoms with Crippen molar-refractivity contribution in [1.29, 1.82) is 10.5 Å². The van der Waals surface area contributed by atoms with Crippen LogP contribution in [0.1, 0.15) is 22.4 Å². The predicted molar refractivity (Wildman–Crippen MR) is 91.8 cm³/mol. The van der Waals surface area contributed by atoms with Crippen LogP contribution in [0.5, 0.6) is 0 Å². The van der Waals surface area contributed by atoms with Crippen molar-refractivity contribution in [3.05, 3.63) is 76.7 Å². The smallest absolute Gasteiger partial charge is 0.292 e. The summed E-state index contributed by atoms with van der Waals surface area (Å²) in [5.41, 5.74) is 1.20. The van der Waals surface area contributed by atoms with Crippen LogP contribution in [0.2, 0.25) is 0 Å². The molecule has 0 N–H and O–H groups in total. The third-order valence-corrected chi connectivity index (χ3v) is 3.63. The van der Waals surface area contributed by atoms with Gasteiger partial charge in [-0.15, -0.1) is 0 Å². The Labute approximate surface area is 152 Å². The van der Waals surface area contributed by atoms with Crippen molar-refractivity contribution in [2.24, 2.45) is 0 Å². The van der Waals surface area contributed by atoms with Gasteiger partial charge in [0.05, 0.1) is 11.8 Å². The summed E-state index contributed by atoms with van der Waals surface area (Å²) in [6.07, 6.45) is -0.629. The van der Waals surface area contributed by atoms with E-state index in [2.05, 4.69) is 16.8 Å². The van der Waals surface area contributed by atoms with Gasteiger partial charge in [-0.3, -0.25) is 4.40 Å². The second-order valence-electron chi connectivity index (χ2n) is 5.44. The van der Waals surface area contributed by atoms with E-state index in [9.17, 15) is 13.2 Å². The van der Waals surface area contributed by atoms with Gasteiger partial charge in [-0.05, 0) is 41.8 Å². The molecule has 0 fully saturated rings. The molecule has 0 saturated carbocycles. The molecule has 0 bridgehead atoms. The summed E-state index contributed by atoms with van der Waals surface area (Å²) in [6.45, 7) is 0. The minimum Gasteiger partial charge on any atom is -0.292 e. The van der Waals surface area contributed by atoms with E-state index in [1.54, 1.807) is 36.4 Å². The van der Waals surface area contributed by atoms with Crippen molar-refractivity contribution < 1.29 is 13.2 Å². The Kier molecular flexibility index (Phi) is 4.66. The molecule has 2 aromatic heterocycles. The fourth-order valence-electron chi connectivity index (χ4n) is 2.30. The number of imidazole rings is 1. The van der Waals surface area contributed by atoms with Crippen molar-refractivity contribution in [1.82, 2.24) is 9.38 Å². The summed E-state index contributed by atoms with van der Waals surface area (Å²) in [5, 5.41) is 17.5. The van der Waals surface area contributed by atoms with E-state index in [0.29, 0.717) is 22.5 Å². The molecule has 1 aromatic carbocycles. The molecule has 3 aromatic rings. The van der Waals surface area contributed by atoms with Crippen LogP contribution >= 0.6 is 0 Å². The first-order valence-electron chi connectivity index (χ1n) is 7.59. The molecule has 4 nitrogen and oxygen atoms in total. The monoisotopic (exact) mass is 362 g/mol. The number of nitrogens with zero attached hydrogens (tertiary/aromatic N) is 4. The van der Waals surface area contributed by atoms with Gasteiger partial charge in [0, 0.05) is 11.8 Å². The van der Waals surface area contributed by atoms with E-state index in [1.807, 2.05) is 0 Å². The van der Waals surface area contributed by atoms with E-state index in [-0.39, 0.29) is 5.57 Å². The predicted octanol–water partition coefficient (Wildman–Crippen LogP) is 4.18. The van der Waals surface area contributed by atoms with Crippen LogP contribution in [-0.4, -0.2) is 9.38 Å². The molecule has 0 saturated heterocycles. The zero-order chi connectivity index (χ0) is 19.4.